The van der Waals surface area contributed by atoms with Gasteiger partial charge in [0, 0.05) is 0 Å². The Balaban J connectivity index is 1.35. The van der Waals surface area contributed by atoms with Gasteiger partial charge in [-0.1, -0.05) is 89.2 Å². The number of hydrogen-bond donors (Lipinski definition) is 0. The molecule has 0 aliphatic heterocycles. The average Bonchev–Trinajstić information content (AvgIpc) is 3.04. The SMILES string of the molecule is CCCCCCCCCCCCCCOc1ccc(C(=O)Oc2ccc(N=Nc3ccc(C(=O)OCC)cc3)cc2Cl)cc1. The average molecular weight is 621 g/mol. The van der Waals surface area contributed by atoms with Gasteiger partial charge < -0.3 is 14.2 Å². The van der Waals surface area contributed by atoms with E-state index in [-0.39, 0.29) is 16.7 Å². The molecule has 3 aromatic rings. The van der Waals surface area contributed by atoms with Crippen molar-refractivity contribution in [3.8, 4) is 11.5 Å². The highest BCUT2D eigenvalue weighted by Crippen LogP contribution is 2.31. The molecule has 0 fully saturated rings. The van der Waals surface area contributed by atoms with E-state index in [1.165, 1.54) is 70.6 Å². The molecule has 0 aromatic heterocycles. The Morgan fingerprint density at radius 3 is 1.75 bits per heavy atom. The minimum atomic E-state index is -0.518. The number of carbonyl (C=O) groups is 2. The first-order valence-electron chi connectivity index (χ1n) is 15.9. The van der Waals surface area contributed by atoms with Crippen LogP contribution in [-0.4, -0.2) is 25.2 Å². The van der Waals surface area contributed by atoms with Crippen molar-refractivity contribution in [2.24, 2.45) is 10.2 Å². The number of benzene rings is 3. The second-order valence-corrected chi connectivity index (χ2v) is 11.1. The van der Waals surface area contributed by atoms with Gasteiger partial charge in [-0.25, -0.2) is 9.59 Å². The van der Waals surface area contributed by atoms with Gasteiger partial charge in [0.15, 0.2) is 0 Å². The third kappa shape index (κ3) is 12.9. The van der Waals surface area contributed by atoms with Crippen LogP contribution in [0, 0.1) is 0 Å². The van der Waals surface area contributed by atoms with Crippen LogP contribution in [0.15, 0.2) is 77.0 Å². The van der Waals surface area contributed by atoms with Crippen LogP contribution in [0.1, 0.15) is 112 Å². The van der Waals surface area contributed by atoms with Crippen molar-refractivity contribution >= 4 is 34.9 Å². The van der Waals surface area contributed by atoms with Crippen LogP contribution in [-0.2, 0) is 4.74 Å². The number of nitrogens with zero attached hydrogens (tertiary/aromatic N) is 2. The number of esters is 2. The fourth-order valence-corrected chi connectivity index (χ4v) is 4.82. The third-order valence-corrected chi connectivity index (χ3v) is 7.43. The van der Waals surface area contributed by atoms with Crippen molar-refractivity contribution in [3.05, 3.63) is 82.9 Å². The zero-order valence-electron chi connectivity index (χ0n) is 26.1. The summed E-state index contributed by atoms with van der Waals surface area (Å²) in [5.74, 6) is 0.0484. The molecule has 0 saturated carbocycles. The molecule has 0 N–H and O–H groups in total. The summed E-state index contributed by atoms with van der Waals surface area (Å²) in [6.45, 7) is 4.99. The second-order valence-electron chi connectivity index (χ2n) is 10.7. The molecule has 0 unspecified atom stereocenters. The van der Waals surface area contributed by atoms with E-state index in [1.807, 2.05) is 0 Å². The smallest absolute Gasteiger partial charge is 0.343 e. The zero-order chi connectivity index (χ0) is 31.4. The molecule has 0 aliphatic rings. The lowest BCUT2D eigenvalue weighted by atomic mass is 10.1. The monoisotopic (exact) mass is 620 g/mol. The number of carbonyl (C=O) groups excluding carboxylic acids is 2. The number of azo groups is 1. The Morgan fingerprint density at radius 1 is 0.636 bits per heavy atom. The summed E-state index contributed by atoms with van der Waals surface area (Å²) in [7, 11) is 0. The van der Waals surface area contributed by atoms with E-state index < -0.39 is 5.97 Å². The Bertz CT molecular complexity index is 1310. The lowest BCUT2D eigenvalue weighted by Gasteiger charge is -2.09. The molecule has 7 nitrogen and oxygen atoms in total. The highest BCUT2D eigenvalue weighted by molar-refractivity contribution is 6.32. The van der Waals surface area contributed by atoms with E-state index in [9.17, 15) is 9.59 Å². The van der Waals surface area contributed by atoms with Gasteiger partial charge in [-0.15, -0.1) is 0 Å². The molecule has 0 amide bonds. The van der Waals surface area contributed by atoms with Gasteiger partial charge in [0.05, 0.1) is 40.7 Å². The van der Waals surface area contributed by atoms with E-state index in [1.54, 1.807) is 73.7 Å². The topological polar surface area (TPSA) is 86.5 Å². The molecule has 0 bridgehead atoms. The molecule has 3 aromatic carbocycles. The maximum absolute atomic E-state index is 12.7. The Kier molecular flexibility index (Phi) is 16.0. The van der Waals surface area contributed by atoms with Crippen molar-refractivity contribution in [2.75, 3.05) is 13.2 Å². The van der Waals surface area contributed by atoms with Crippen LogP contribution >= 0.6 is 11.6 Å². The molecule has 8 heteroatoms. The molecule has 0 spiro atoms. The molecule has 0 aliphatic carbocycles. The maximum Gasteiger partial charge on any atom is 0.343 e. The number of halogens is 1. The van der Waals surface area contributed by atoms with Gasteiger partial charge in [0.25, 0.3) is 0 Å². The number of ether oxygens (including phenoxy) is 3. The van der Waals surface area contributed by atoms with E-state index in [0.717, 1.165) is 12.2 Å². The van der Waals surface area contributed by atoms with Gasteiger partial charge in [-0.3, -0.25) is 0 Å². The predicted molar refractivity (Wildman–Crippen MR) is 176 cm³/mol. The number of rotatable bonds is 20. The summed E-state index contributed by atoms with van der Waals surface area (Å²) in [6, 6.07) is 18.3. The molecular formula is C36H45ClN2O5. The fourth-order valence-electron chi connectivity index (χ4n) is 4.61. The molecule has 3 rings (SSSR count). The first-order valence-corrected chi connectivity index (χ1v) is 16.3. The molecule has 0 saturated heterocycles. The largest absolute Gasteiger partial charge is 0.494 e. The Labute approximate surface area is 267 Å². The van der Waals surface area contributed by atoms with Gasteiger partial charge in [0.1, 0.15) is 11.5 Å². The van der Waals surface area contributed by atoms with E-state index in [0.29, 0.717) is 35.7 Å². The van der Waals surface area contributed by atoms with Crippen molar-refractivity contribution < 1.29 is 23.8 Å². The normalized spacial score (nSPS) is 11.1. The van der Waals surface area contributed by atoms with Crippen LogP contribution in [0.5, 0.6) is 11.5 Å². The predicted octanol–water partition coefficient (Wildman–Crippen LogP) is 11.2. The summed E-state index contributed by atoms with van der Waals surface area (Å²) in [4.78, 5) is 24.5. The fraction of sp³-hybridized carbons (Fsp3) is 0.444. The van der Waals surface area contributed by atoms with Crippen molar-refractivity contribution in [1.29, 1.82) is 0 Å². The first kappa shape index (κ1) is 34.8. The van der Waals surface area contributed by atoms with Crippen LogP contribution in [0.4, 0.5) is 11.4 Å². The van der Waals surface area contributed by atoms with E-state index in [2.05, 4.69) is 17.2 Å². The van der Waals surface area contributed by atoms with Gasteiger partial charge in [-0.2, -0.15) is 10.2 Å². The second kappa shape index (κ2) is 20.3. The van der Waals surface area contributed by atoms with Crippen LogP contribution < -0.4 is 9.47 Å². The molecule has 44 heavy (non-hydrogen) atoms. The highest BCUT2D eigenvalue weighted by Gasteiger charge is 2.12. The standard InChI is InChI=1S/C36H45ClN2O5/c1-3-5-6-7-8-9-10-11-12-13-14-15-26-43-32-23-18-29(19-24-32)36(41)44-34-25-22-31(27-33(34)37)39-38-30-20-16-28(17-21-30)35(40)42-4-2/h16-25,27H,3-15,26H2,1-2H3. The lowest BCUT2D eigenvalue weighted by Crippen LogP contribution is -2.08. The molecular weight excluding hydrogens is 576 g/mol. The number of unbranched alkanes of at least 4 members (excludes halogenated alkanes) is 11. The summed E-state index contributed by atoms with van der Waals surface area (Å²) in [5.41, 5.74) is 1.89. The summed E-state index contributed by atoms with van der Waals surface area (Å²) < 4.78 is 16.3. The summed E-state index contributed by atoms with van der Waals surface area (Å²) in [6.07, 6.45) is 15.7. The van der Waals surface area contributed by atoms with Crippen molar-refractivity contribution in [2.45, 2.75) is 90.9 Å². The highest BCUT2D eigenvalue weighted by atomic mass is 35.5. The molecule has 236 valence electrons. The van der Waals surface area contributed by atoms with Crippen LogP contribution in [0.25, 0.3) is 0 Å². The van der Waals surface area contributed by atoms with Gasteiger partial charge in [0.2, 0.25) is 0 Å². The molecule has 0 atom stereocenters. The maximum atomic E-state index is 12.7. The molecule has 0 radical (unpaired) electrons. The Hall–Kier alpha value is -3.71. The van der Waals surface area contributed by atoms with Gasteiger partial charge >= 0.3 is 11.9 Å². The van der Waals surface area contributed by atoms with Gasteiger partial charge in [-0.05, 0) is 80.1 Å². The minimum Gasteiger partial charge on any atom is -0.494 e. The van der Waals surface area contributed by atoms with E-state index >= 15 is 0 Å². The first-order chi connectivity index (χ1) is 21.5. The Morgan fingerprint density at radius 2 is 1.16 bits per heavy atom. The van der Waals surface area contributed by atoms with Crippen LogP contribution in [0.2, 0.25) is 5.02 Å². The summed E-state index contributed by atoms with van der Waals surface area (Å²) >= 11 is 6.35. The minimum absolute atomic E-state index is 0.224. The summed E-state index contributed by atoms with van der Waals surface area (Å²) in [5, 5.41) is 8.57. The third-order valence-electron chi connectivity index (χ3n) is 7.13. The number of hydrogen-bond acceptors (Lipinski definition) is 7. The molecule has 0 heterocycles. The lowest BCUT2D eigenvalue weighted by molar-refractivity contribution is 0.0526. The zero-order valence-corrected chi connectivity index (χ0v) is 26.8. The quantitative estimate of drug-likeness (QED) is 0.0542. The van der Waals surface area contributed by atoms with Crippen molar-refractivity contribution in [1.82, 2.24) is 0 Å². The van der Waals surface area contributed by atoms with E-state index in [4.69, 9.17) is 25.8 Å². The van der Waals surface area contributed by atoms with Crippen molar-refractivity contribution in [3.63, 3.8) is 0 Å². The van der Waals surface area contributed by atoms with Crippen LogP contribution in [0.3, 0.4) is 0 Å².